The van der Waals surface area contributed by atoms with Gasteiger partial charge in [-0.1, -0.05) is 43.2 Å². The van der Waals surface area contributed by atoms with E-state index in [9.17, 15) is 10.1 Å². The Morgan fingerprint density at radius 2 is 1.92 bits per heavy atom. The molecule has 1 aliphatic heterocycles. The van der Waals surface area contributed by atoms with Gasteiger partial charge in [-0.3, -0.25) is 4.79 Å². The fourth-order valence-corrected chi connectivity index (χ4v) is 4.01. The summed E-state index contributed by atoms with van der Waals surface area (Å²) in [5.74, 6) is -0.0129. The van der Waals surface area contributed by atoms with Crippen LogP contribution in [0.3, 0.4) is 0 Å². The first-order chi connectivity index (χ1) is 12.2. The zero-order chi connectivity index (χ0) is 17.3. The summed E-state index contributed by atoms with van der Waals surface area (Å²) in [4.78, 5) is 23.8. The van der Waals surface area contributed by atoms with E-state index in [1.165, 1.54) is 0 Å². The van der Waals surface area contributed by atoms with Crippen LogP contribution in [0.4, 0.5) is 0 Å². The van der Waals surface area contributed by atoms with E-state index in [0.717, 1.165) is 35.4 Å². The minimum absolute atomic E-state index is 0.0129. The molecule has 126 valence electrons. The number of amides is 1. The average molecular weight is 332 g/mol. The molecule has 1 aromatic carbocycles. The maximum atomic E-state index is 13.1. The molecule has 25 heavy (non-hydrogen) atoms. The molecule has 0 atom stereocenters. The summed E-state index contributed by atoms with van der Waals surface area (Å²) in [6, 6.07) is 12.3. The number of hydrogen-bond donors (Lipinski definition) is 0. The molecule has 0 saturated heterocycles. The third-order valence-corrected chi connectivity index (χ3v) is 5.42. The second-order valence-electron chi connectivity index (χ2n) is 6.89. The summed E-state index contributed by atoms with van der Waals surface area (Å²) in [5.41, 5.74) is 3.13. The quantitative estimate of drug-likeness (QED) is 0.847. The van der Waals surface area contributed by atoms with Crippen LogP contribution in [0.5, 0.6) is 0 Å². The summed E-state index contributed by atoms with van der Waals surface area (Å²) in [7, 11) is 0. The van der Waals surface area contributed by atoms with E-state index in [2.05, 4.69) is 16.0 Å². The van der Waals surface area contributed by atoms with E-state index in [4.69, 9.17) is 0 Å². The van der Waals surface area contributed by atoms with E-state index in [1.54, 1.807) is 6.33 Å². The number of carbonyl (C=O) groups excluding carboxylic acids is 1. The van der Waals surface area contributed by atoms with Crippen LogP contribution in [0.1, 0.15) is 36.9 Å². The van der Waals surface area contributed by atoms with Crippen LogP contribution in [0.25, 0.3) is 11.3 Å². The zero-order valence-corrected chi connectivity index (χ0v) is 14.1. The van der Waals surface area contributed by atoms with Crippen LogP contribution < -0.4 is 0 Å². The molecule has 0 N–H and O–H groups in total. The fraction of sp³-hybridized carbons (Fsp3) is 0.400. The van der Waals surface area contributed by atoms with Crippen molar-refractivity contribution in [3.8, 4) is 17.3 Å². The van der Waals surface area contributed by atoms with Gasteiger partial charge in [-0.2, -0.15) is 5.26 Å². The number of benzene rings is 1. The van der Waals surface area contributed by atoms with Crippen LogP contribution in [0.2, 0.25) is 0 Å². The number of rotatable bonds is 2. The Morgan fingerprint density at radius 1 is 1.16 bits per heavy atom. The van der Waals surface area contributed by atoms with E-state index in [0.29, 0.717) is 32.4 Å². The topological polar surface area (TPSA) is 69.9 Å². The highest BCUT2D eigenvalue weighted by molar-refractivity contribution is 5.86. The van der Waals surface area contributed by atoms with Crippen molar-refractivity contribution in [3.05, 3.63) is 47.9 Å². The van der Waals surface area contributed by atoms with Crippen LogP contribution in [-0.4, -0.2) is 27.3 Å². The van der Waals surface area contributed by atoms with Gasteiger partial charge in [0.15, 0.2) is 0 Å². The van der Waals surface area contributed by atoms with Crippen molar-refractivity contribution in [2.75, 3.05) is 6.54 Å². The predicted octanol–water partition coefficient (Wildman–Crippen LogP) is 3.11. The van der Waals surface area contributed by atoms with Gasteiger partial charge < -0.3 is 4.90 Å². The van der Waals surface area contributed by atoms with Crippen LogP contribution in [-0.2, 0) is 17.8 Å². The van der Waals surface area contributed by atoms with Crippen LogP contribution >= 0.6 is 0 Å². The Bertz CT molecular complexity index is 835. The molecule has 5 nitrogen and oxygen atoms in total. The lowest BCUT2D eigenvalue weighted by molar-refractivity contribution is -0.139. The SMILES string of the molecule is N#CC1(C(=O)N2CCc3ncnc(-c4ccccc4)c3C2)CCCC1. The average Bonchev–Trinajstić information content (AvgIpc) is 3.17. The second kappa shape index (κ2) is 6.29. The number of aromatic nitrogens is 2. The molecule has 1 amide bonds. The highest BCUT2D eigenvalue weighted by Gasteiger charge is 2.44. The van der Waals surface area contributed by atoms with Crippen molar-refractivity contribution in [3.63, 3.8) is 0 Å². The van der Waals surface area contributed by atoms with Gasteiger partial charge in [-0.15, -0.1) is 0 Å². The molecule has 2 heterocycles. The van der Waals surface area contributed by atoms with Gasteiger partial charge in [-0.25, -0.2) is 9.97 Å². The number of nitrogens with zero attached hydrogens (tertiary/aromatic N) is 4. The summed E-state index contributed by atoms with van der Waals surface area (Å²) in [5, 5.41) is 9.62. The Kier molecular flexibility index (Phi) is 3.96. The van der Waals surface area contributed by atoms with Gasteiger partial charge in [0.25, 0.3) is 0 Å². The first kappa shape index (κ1) is 15.8. The van der Waals surface area contributed by atoms with Gasteiger partial charge in [0.1, 0.15) is 11.7 Å². The lowest BCUT2D eigenvalue weighted by Gasteiger charge is -2.33. The maximum absolute atomic E-state index is 13.1. The molecule has 4 rings (SSSR count). The highest BCUT2D eigenvalue weighted by atomic mass is 16.2. The van der Waals surface area contributed by atoms with Crippen LogP contribution in [0, 0.1) is 16.7 Å². The molecule has 1 saturated carbocycles. The van der Waals surface area contributed by atoms with Crippen molar-refractivity contribution < 1.29 is 4.79 Å². The molecule has 2 aliphatic rings. The van der Waals surface area contributed by atoms with Crippen molar-refractivity contribution >= 4 is 5.91 Å². The molecule has 0 spiro atoms. The van der Waals surface area contributed by atoms with E-state index in [-0.39, 0.29) is 5.91 Å². The molecule has 1 aromatic heterocycles. The van der Waals surface area contributed by atoms with Gasteiger partial charge in [-0.05, 0) is 12.8 Å². The first-order valence-corrected chi connectivity index (χ1v) is 8.82. The number of hydrogen-bond acceptors (Lipinski definition) is 4. The lowest BCUT2D eigenvalue weighted by atomic mass is 9.85. The fourth-order valence-electron chi connectivity index (χ4n) is 4.01. The molecule has 0 bridgehead atoms. The molecular weight excluding hydrogens is 312 g/mol. The molecule has 2 aromatic rings. The molecule has 1 fully saturated rings. The summed E-state index contributed by atoms with van der Waals surface area (Å²) >= 11 is 0. The second-order valence-corrected chi connectivity index (χ2v) is 6.89. The largest absolute Gasteiger partial charge is 0.336 e. The Morgan fingerprint density at radius 3 is 2.64 bits per heavy atom. The van der Waals surface area contributed by atoms with Gasteiger partial charge >= 0.3 is 0 Å². The van der Waals surface area contributed by atoms with Crippen molar-refractivity contribution in [2.45, 2.75) is 38.6 Å². The Hall–Kier alpha value is -2.74. The van der Waals surface area contributed by atoms with Gasteiger partial charge in [0.2, 0.25) is 5.91 Å². The minimum atomic E-state index is -0.819. The monoisotopic (exact) mass is 332 g/mol. The molecule has 0 unspecified atom stereocenters. The summed E-state index contributed by atoms with van der Waals surface area (Å²) < 4.78 is 0. The minimum Gasteiger partial charge on any atom is -0.336 e. The summed E-state index contributed by atoms with van der Waals surface area (Å²) in [6.07, 6.45) is 5.60. The van der Waals surface area contributed by atoms with Crippen molar-refractivity contribution in [1.82, 2.24) is 14.9 Å². The predicted molar refractivity (Wildman–Crippen MR) is 93.1 cm³/mol. The van der Waals surface area contributed by atoms with Gasteiger partial charge in [0.05, 0.1) is 17.5 Å². The third kappa shape index (κ3) is 2.68. The van der Waals surface area contributed by atoms with Crippen molar-refractivity contribution in [1.29, 1.82) is 5.26 Å². The van der Waals surface area contributed by atoms with E-state index < -0.39 is 5.41 Å². The number of nitriles is 1. The van der Waals surface area contributed by atoms with Crippen LogP contribution in [0.15, 0.2) is 36.7 Å². The normalized spacial score (nSPS) is 18.4. The lowest BCUT2D eigenvalue weighted by Crippen LogP contribution is -2.44. The smallest absolute Gasteiger partial charge is 0.243 e. The number of carbonyl (C=O) groups is 1. The van der Waals surface area contributed by atoms with E-state index in [1.807, 2.05) is 35.2 Å². The molecule has 1 aliphatic carbocycles. The Balaban J connectivity index is 1.67. The molecule has 0 radical (unpaired) electrons. The number of fused-ring (bicyclic) bond motifs is 1. The first-order valence-electron chi connectivity index (χ1n) is 8.82. The summed E-state index contributed by atoms with van der Waals surface area (Å²) in [6.45, 7) is 1.11. The van der Waals surface area contributed by atoms with Gasteiger partial charge in [0, 0.05) is 30.6 Å². The zero-order valence-electron chi connectivity index (χ0n) is 14.1. The maximum Gasteiger partial charge on any atom is 0.243 e. The standard InChI is InChI=1S/C20H20N4O/c21-13-20(9-4-5-10-20)19(25)24-11-8-17-16(12-24)18(23-14-22-17)15-6-2-1-3-7-15/h1-3,6-7,14H,4-5,8-12H2. The van der Waals surface area contributed by atoms with E-state index >= 15 is 0 Å². The van der Waals surface area contributed by atoms with Crippen molar-refractivity contribution in [2.24, 2.45) is 5.41 Å². The highest BCUT2D eigenvalue weighted by Crippen LogP contribution is 2.40. The Labute approximate surface area is 147 Å². The molecule has 5 heteroatoms. The molecular formula is C20H20N4O. The third-order valence-electron chi connectivity index (χ3n) is 5.42.